The van der Waals surface area contributed by atoms with Gasteiger partial charge in [0.25, 0.3) is 0 Å². The summed E-state index contributed by atoms with van der Waals surface area (Å²) in [4.78, 5) is 0. The quantitative estimate of drug-likeness (QED) is 0.382. The standard InChI is InChI=1S/C22H42O3Si/c1-17(2)10-9-11-19(25-26(7,8)21(4,5)6)16-22-14-12-18(3)20(24-22)13-15-23-22/h9,11,17-20H,10,12-16H2,1-8H3/b11-9+/t18-,19-,20+,22-/m0/s1. The summed E-state index contributed by atoms with van der Waals surface area (Å²) in [6.07, 6.45) is 10.1. The normalized spacial score (nSPS) is 31.6. The van der Waals surface area contributed by atoms with Crippen molar-refractivity contribution in [2.75, 3.05) is 6.61 Å². The van der Waals surface area contributed by atoms with Gasteiger partial charge in [0.2, 0.25) is 0 Å². The summed E-state index contributed by atoms with van der Waals surface area (Å²) in [5, 5.41) is 0.201. The highest BCUT2D eigenvalue weighted by atomic mass is 28.4. The SMILES string of the molecule is CC(C)C/C=C/[C@@H](C[C@@]12CC[C@H](C)[C@@H](CCO1)O2)O[Si](C)(C)C(C)(C)C. The molecule has 0 spiro atoms. The van der Waals surface area contributed by atoms with E-state index in [1.165, 1.54) is 6.42 Å². The summed E-state index contributed by atoms with van der Waals surface area (Å²) >= 11 is 0. The van der Waals surface area contributed by atoms with E-state index in [4.69, 9.17) is 13.9 Å². The lowest BCUT2D eigenvalue weighted by atomic mass is 9.86. The van der Waals surface area contributed by atoms with E-state index < -0.39 is 14.1 Å². The van der Waals surface area contributed by atoms with E-state index >= 15 is 0 Å². The van der Waals surface area contributed by atoms with Crippen LogP contribution in [0.4, 0.5) is 0 Å². The van der Waals surface area contributed by atoms with Gasteiger partial charge < -0.3 is 13.9 Å². The van der Waals surface area contributed by atoms with Crippen molar-refractivity contribution >= 4 is 8.32 Å². The van der Waals surface area contributed by atoms with Gasteiger partial charge in [0.15, 0.2) is 14.1 Å². The molecule has 0 aromatic carbocycles. The van der Waals surface area contributed by atoms with Gasteiger partial charge in [0.05, 0.1) is 18.8 Å². The predicted octanol–water partition coefficient (Wildman–Crippen LogP) is 6.30. The second-order valence-corrected chi connectivity index (χ2v) is 15.2. The number of fused-ring (bicyclic) bond motifs is 2. The van der Waals surface area contributed by atoms with Gasteiger partial charge in [-0.1, -0.05) is 53.7 Å². The van der Waals surface area contributed by atoms with Crippen LogP contribution in [0.25, 0.3) is 0 Å². The molecule has 2 aliphatic heterocycles. The maximum absolute atomic E-state index is 6.79. The first kappa shape index (κ1) is 22.1. The van der Waals surface area contributed by atoms with Crippen molar-refractivity contribution in [1.29, 1.82) is 0 Å². The van der Waals surface area contributed by atoms with Crippen LogP contribution in [0.1, 0.15) is 73.6 Å². The zero-order chi connectivity index (χ0) is 19.6. The molecule has 0 aliphatic carbocycles. The molecule has 0 aromatic heterocycles. The van der Waals surface area contributed by atoms with Crippen molar-refractivity contribution in [3.63, 3.8) is 0 Å². The molecule has 0 amide bonds. The van der Waals surface area contributed by atoms with Crippen LogP contribution in [0.2, 0.25) is 18.1 Å². The first-order chi connectivity index (χ1) is 11.9. The van der Waals surface area contributed by atoms with Crippen LogP contribution in [0.3, 0.4) is 0 Å². The topological polar surface area (TPSA) is 27.7 Å². The largest absolute Gasteiger partial charge is 0.410 e. The van der Waals surface area contributed by atoms with Crippen molar-refractivity contribution in [2.45, 2.75) is 110 Å². The van der Waals surface area contributed by atoms with Gasteiger partial charge >= 0.3 is 0 Å². The molecule has 2 aliphatic rings. The van der Waals surface area contributed by atoms with Gasteiger partial charge in [-0.15, -0.1) is 0 Å². The third-order valence-corrected chi connectivity index (χ3v) is 11.0. The molecule has 0 unspecified atom stereocenters. The summed E-state index contributed by atoms with van der Waals surface area (Å²) in [6.45, 7) is 19.2. The molecule has 4 atom stereocenters. The molecule has 152 valence electrons. The third-order valence-electron chi connectivity index (χ3n) is 6.47. The van der Waals surface area contributed by atoms with E-state index in [0.29, 0.717) is 17.9 Å². The molecule has 0 radical (unpaired) electrons. The van der Waals surface area contributed by atoms with Gasteiger partial charge in [-0.05, 0) is 49.2 Å². The van der Waals surface area contributed by atoms with Crippen molar-refractivity contribution < 1.29 is 13.9 Å². The number of hydrogen-bond donors (Lipinski definition) is 0. The van der Waals surface area contributed by atoms with E-state index in [9.17, 15) is 0 Å². The Morgan fingerprint density at radius 2 is 1.92 bits per heavy atom. The molecular weight excluding hydrogens is 340 g/mol. The van der Waals surface area contributed by atoms with Crippen LogP contribution >= 0.6 is 0 Å². The summed E-state index contributed by atoms with van der Waals surface area (Å²) in [5.74, 6) is 0.869. The van der Waals surface area contributed by atoms with Crippen LogP contribution in [-0.2, 0) is 13.9 Å². The summed E-state index contributed by atoms with van der Waals surface area (Å²) in [6, 6.07) is 0. The Bertz CT molecular complexity index is 480. The van der Waals surface area contributed by atoms with Crippen LogP contribution in [-0.4, -0.2) is 32.9 Å². The van der Waals surface area contributed by atoms with E-state index in [-0.39, 0.29) is 11.1 Å². The molecule has 26 heavy (non-hydrogen) atoms. The zero-order valence-corrected chi connectivity index (χ0v) is 19.4. The minimum absolute atomic E-state index is 0.0711. The molecular formula is C22H42O3Si. The number of ether oxygens (including phenoxy) is 2. The number of hydrogen-bond acceptors (Lipinski definition) is 3. The Morgan fingerprint density at radius 1 is 1.23 bits per heavy atom. The average Bonchev–Trinajstić information content (AvgIpc) is 2.50. The molecule has 0 N–H and O–H groups in total. The van der Waals surface area contributed by atoms with Crippen molar-refractivity contribution in [3.8, 4) is 0 Å². The lowest BCUT2D eigenvalue weighted by Gasteiger charge is -2.49. The highest BCUT2D eigenvalue weighted by Gasteiger charge is 2.47. The summed E-state index contributed by atoms with van der Waals surface area (Å²) in [7, 11) is -1.85. The third kappa shape index (κ3) is 5.67. The summed E-state index contributed by atoms with van der Waals surface area (Å²) in [5.41, 5.74) is 0. The fraction of sp³-hybridized carbons (Fsp3) is 0.909. The first-order valence-electron chi connectivity index (χ1n) is 10.6. The lowest BCUT2D eigenvalue weighted by molar-refractivity contribution is -0.330. The van der Waals surface area contributed by atoms with Crippen LogP contribution in [0, 0.1) is 11.8 Å². The van der Waals surface area contributed by atoms with Gasteiger partial charge in [-0.3, -0.25) is 0 Å². The van der Waals surface area contributed by atoms with Crippen LogP contribution in [0.15, 0.2) is 12.2 Å². The van der Waals surface area contributed by atoms with E-state index in [1.54, 1.807) is 0 Å². The Balaban J connectivity index is 2.14. The van der Waals surface area contributed by atoms with Crippen molar-refractivity contribution in [3.05, 3.63) is 12.2 Å². The zero-order valence-electron chi connectivity index (χ0n) is 18.4. The second-order valence-electron chi connectivity index (χ2n) is 10.4. The Hall–Kier alpha value is -0.163. The Labute approximate surface area is 163 Å². The van der Waals surface area contributed by atoms with Crippen LogP contribution < -0.4 is 0 Å². The second kappa shape index (κ2) is 8.46. The molecule has 3 nitrogen and oxygen atoms in total. The first-order valence-corrected chi connectivity index (χ1v) is 13.5. The van der Waals surface area contributed by atoms with Crippen molar-refractivity contribution in [1.82, 2.24) is 0 Å². The minimum Gasteiger partial charge on any atom is -0.410 e. The van der Waals surface area contributed by atoms with Gasteiger partial charge in [0.1, 0.15) is 0 Å². The Morgan fingerprint density at radius 3 is 2.54 bits per heavy atom. The summed E-state index contributed by atoms with van der Waals surface area (Å²) < 4.78 is 19.5. The highest BCUT2D eigenvalue weighted by Crippen LogP contribution is 2.43. The molecule has 2 saturated heterocycles. The van der Waals surface area contributed by atoms with Crippen molar-refractivity contribution in [2.24, 2.45) is 11.8 Å². The molecule has 2 rings (SSSR count). The Kier molecular flexibility index (Phi) is 7.20. The molecule has 0 saturated carbocycles. The van der Waals surface area contributed by atoms with Gasteiger partial charge in [0, 0.05) is 12.8 Å². The lowest BCUT2D eigenvalue weighted by Crippen LogP contribution is -2.53. The van der Waals surface area contributed by atoms with E-state index in [2.05, 4.69) is 66.8 Å². The van der Waals surface area contributed by atoms with E-state index in [0.717, 1.165) is 32.3 Å². The fourth-order valence-corrected chi connectivity index (χ4v) is 4.89. The van der Waals surface area contributed by atoms with Gasteiger partial charge in [-0.2, -0.15) is 0 Å². The van der Waals surface area contributed by atoms with Gasteiger partial charge in [-0.25, -0.2) is 0 Å². The highest BCUT2D eigenvalue weighted by molar-refractivity contribution is 6.74. The van der Waals surface area contributed by atoms with E-state index in [1.807, 2.05) is 0 Å². The molecule has 2 fully saturated rings. The average molecular weight is 383 g/mol. The molecule has 2 bridgehead atoms. The predicted molar refractivity (Wildman–Crippen MR) is 112 cm³/mol. The van der Waals surface area contributed by atoms with Crippen LogP contribution in [0.5, 0.6) is 0 Å². The maximum Gasteiger partial charge on any atom is 0.192 e. The number of rotatable bonds is 7. The monoisotopic (exact) mass is 382 g/mol. The minimum atomic E-state index is -1.85. The molecule has 0 aromatic rings. The molecule has 2 heterocycles. The maximum atomic E-state index is 6.79. The fourth-order valence-electron chi connectivity index (χ4n) is 3.62. The number of allylic oxidation sites excluding steroid dienone is 1. The smallest absolute Gasteiger partial charge is 0.192 e. The molecule has 4 heteroatoms.